The highest BCUT2D eigenvalue weighted by Gasteiger charge is 2.56. The first kappa shape index (κ1) is 26.1. The lowest BCUT2D eigenvalue weighted by atomic mass is 9.59. The van der Waals surface area contributed by atoms with Crippen molar-refractivity contribution >= 4 is 29.1 Å². The summed E-state index contributed by atoms with van der Waals surface area (Å²) in [5.74, 6) is -2.55. The average molecular weight is 538 g/mol. The molecule has 0 radical (unpaired) electrons. The lowest BCUT2D eigenvalue weighted by Crippen LogP contribution is -2.40. The summed E-state index contributed by atoms with van der Waals surface area (Å²) in [7, 11) is 0. The van der Waals surface area contributed by atoms with Gasteiger partial charge in [-0.3, -0.25) is 24.1 Å². The van der Waals surface area contributed by atoms with Crippen LogP contribution in [0.5, 0.6) is 5.75 Å². The molecule has 0 bridgehead atoms. The molecule has 0 aromatic heterocycles. The molecule has 7 heteroatoms. The van der Waals surface area contributed by atoms with Crippen molar-refractivity contribution in [2.45, 2.75) is 39.0 Å². The molecule has 4 atom stereocenters. The first-order valence-corrected chi connectivity index (χ1v) is 13.8. The van der Waals surface area contributed by atoms with Crippen LogP contribution in [0.25, 0.3) is 0 Å². The molecule has 2 aromatic carbocycles. The van der Waals surface area contributed by atoms with E-state index in [1.165, 1.54) is 11.0 Å². The molecule has 6 rings (SSSR count). The Hall–Kier alpha value is -4.10. The van der Waals surface area contributed by atoms with E-state index in [-0.39, 0.29) is 43.0 Å². The number of Topliss-reactive ketones (excluding diaryl/α,β-unsaturated/α-hetero) is 1. The molecule has 0 spiro atoms. The summed E-state index contributed by atoms with van der Waals surface area (Å²) in [6.45, 7) is 3.60. The normalized spacial score (nSPS) is 25.8. The summed E-state index contributed by atoms with van der Waals surface area (Å²) in [5.41, 5.74) is 4.47. The number of carbonyl (C=O) groups excluding carboxylic acids is 4. The molecule has 40 heavy (non-hydrogen) atoms. The van der Waals surface area contributed by atoms with Gasteiger partial charge < -0.3 is 9.84 Å². The van der Waals surface area contributed by atoms with Gasteiger partial charge in [-0.2, -0.15) is 0 Å². The number of aliphatic hydroxyl groups is 1. The maximum atomic E-state index is 14.0. The van der Waals surface area contributed by atoms with Crippen LogP contribution in [0.3, 0.4) is 0 Å². The molecule has 1 saturated heterocycles. The molecule has 2 amide bonds. The number of amides is 2. The fourth-order valence-corrected chi connectivity index (χ4v) is 6.86. The Morgan fingerprint density at radius 3 is 2.45 bits per heavy atom. The number of fused-ring (bicyclic) bond motifs is 3. The monoisotopic (exact) mass is 537 g/mol. The third-order valence-corrected chi connectivity index (χ3v) is 8.75. The zero-order valence-electron chi connectivity index (χ0n) is 22.6. The molecule has 204 valence electrons. The van der Waals surface area contributed by atoms with E-state index in [1.807, 2.05) is 55.5 Å². The van der Waals surface area contributed by atoms with Gasteiger partial charge in [-0.25, -0.2) is 0 Å². The number of carbonyl (C=O) groups is 4. The lowest BCUT2D eigenvalue weighted by Gasteiger charge is -2.42. The number of ketones is 2. The number of ether oxygens (including phenoxy) is 1. The van der Waals surface area contributed by atoms with E-state index in [9.17, 15) is 24.3 Å². The highest BCUT2D eigenvalue weighted by molar-refractivity contribution is 6.25. The molecule has 1 heterocycles. The summed E-state index contributed by atoms with van der Waals surface area (Å²) in [4.78, 5) is 55.9. The van der Waals surface area contributed by atoms with Gasteiger partial charge >= 0.3 is 0 Å². The quantitative estimate of drug-likeness (QED) is 0.336. The minimum atomic E-state index is -0.629. The van der Waals surface area contributed by atoms with Gasteiger partial charge in [0.05, 0.1) is 24.1 Å². The van der Waals surface area contributed by atoms with Gasteiger partial charge in [-0.15, -0.1) is 0 Å². The number of para-hydroxylation sites is 1. The van der Waals surface area contributed by atoms with Gasteiger partial charge in [-0.05, 0) is 61.9 Å². The van der Waals surface area contributed by atoms with Gasteiger partial charge in [0.2, 0.25) is 11.8 Å². The van der Waals surface area contributed by atoms with E-state index in [4.69, 9.17) is 4.74 Å². The van der Waals surface area contributed by atoms with Crippen molar-refractivity contribution in [3.8, 4) is 5.75 Å². The predicted octanol–water partition coefficient (Wildman–Crippen LogP) is 4.25. The number of allylic oxidation sites excluding steroid dienone is 6. The number of anilines is 1. The number of aliphatic hydroxyl groups excluding tert-OH is 1. The molecule has 0 saturated carbocycles. The van der Waals surface area contributed by atoms with E-state index in [2.05, 4.69) is 0 Å². The first-order chi connectivity index (χ1) is 19.3. The van der Waals surface area contributed by atoms with Crippen LogP contribution in [-0.2, 0) is 25.6 Å². The van der Waals surface area contributed by atoms with Crippen molar-refractivity contribution in [1.29, 1.82) is 0 Å². The van der Waals surface area contributed by atoms with Gasteiger partial charge in [0.1, 0.15) is 12.4 Å². The Labute approximate surface area is 232 Å². The Bertz CT molecular complexity index is 1530. The van der Waals surface area contributed by atoms with Crippen LogP contribution in [0.1, 0.15) is 43.7 Å². The lowest BCUT2D eigenvalue weighted by molar-refractivity contribution is -0.123. The maximum Gasteiger partial charge on any atom is 0.238 e. The Morgan fingerprint density at radius 2 is 1.73 bits per heavy atom. The molecule has 4 aliphatic rings. The first-order valence-electron chi connectivity index (χ1n) is 13.8. The summed E-state index contributed by atoms with van der Waals surface area (Å²) < 4.78 is 5.87. The van der Waals surface area contributed by atoms with Gasteiger partial charge in [0.25, 0.3) is 0 Å². The van der Waals surface area contributed by atoms with Gasteiger partial charge in [0.15, 0.2) is 11.6 Å². The third-order valence-electron chi connectivity index (χ3n) is 8.75. The summed E-state index contributed by atoms with van der Waals surface area (Å²) in [5, 5.41) is 9.39. The number of imide groups is 1. The molecule has 1 fully saturated rings. The second kappa shape index (κ2) is 10.1. The van der Waals surface area contributed by atoms with Crippen LogP contribution in [-0.4, -0.2) is 41.7 Å². The van der Waals surface area contributed by atoms with E-state index in [0.29, 0.717) is 40.1 Å². The van der Waals surface area contributed by atoms with Crippen LogP contribution in [0.4, 0.5) is 5.69 Å². The van der Waals surface area contributed by atoms with Crippen LogP contribution in [0.15, 0.2) is 83.0 Å². The largest absolute Gasteiger partial charge is 0.491 e. The molecule has 7 nitrogen and oxygen atoms in total. The SMILES string of the molecule is CCc1ccc(N2C(=O)C3CC=C4C(c5ccccc5OCCO)C5=C(CC4C3C2=O)C(=O)C=C(C)C5=O)cc1. The molecule has 1 aliphatic heterocycles. The van der Waals surface area contributed by atoms with Gasteiger partial charge in [0, 0.05) is 28.2 Å². The minimum absolute atomic E-state index is 0.0768. The predicted molar refractivity (Wildman–Crippen MR) is 149 cm³/mol. The molecule has 2 aromatic rings. The number of rotatable bonds is 6. The molecule has 3 aliphatic carbocycles. The van der Waals surface area contributed by atoms with Crippen molar-refractivity contribution in [1.82, 2.24) is 0 Å². The summed E-state index contributed by atoms with van der Waals surface area (Å²) in [6.07, 6.45) is 4.84. The molecular formula is C33H31NO6. The fourth-order valence-electron chi connectivity index (χ4n) is 6.86. The van der Waals surface area contributed by atoms with Crippen LogP contribution in [0, 0.1) is 17.8 Å². The Morgan fingerprint density at radius 1 is 0.975 bits per heavy atom. The third kappa shape index (κ3) is 3.99. The smallest absolute Gasteiger partial charge is 0.238 e. The standard InChI is InChI=1S/C33H31NO6/c1-3-19-8-10-20(11-9-19)34-32(38)23-13-12-21-24(29(23)33(34)39)17-25-26(36)16-18(2)31(37)30(25)28(21)22-6-4-5-7-27(22)40-15-14-35/h4-12,16,23-24,28-29,35H,3,13-15,17H2,1-2H3. The Balaban J connectivity index is 1.47. The highest BCUT2D eigenvalue weighted by atomic mass is 16.5. The van der Waals surface area contributed by atoms with Crippen LogP contribution in [0.2, 0.25) is 0 Å². The van der Waals surface area contributed by atoms with E-state index < -0.39 is 23.7 Å². The van der Waals surface area contributed by atoms with Crippen LogP contribution >= 0.6 is 0 Å². The second-order valence-corrected chi connectivity index (χ2v) is 10.9. The summed E-state index contributed by atoms with van der Waals surface area (Å²) in [6, 6.07) is 14.8. The maximum absolute atomic E-state index is 14.0. The van der Waals surface area contributed by atoms with Gasteiger partial charge in [-0.1, -0.05) is 48.9 Å². The number of hydrogen-bond acceptors (Lipinski definition) is 6. The van der Waals surface area contributed by atoms with Crippen molar-refractivity contribution in [3.63, 3.8) is 0 Å². The second-order valence-electron chi connectivity index (χ2n) is 10.9. The van der Waals surface area contributed by atoms with Crippen LogP contribution < -0.4 is 9.64 Å². The Kier molecular flexibility index (Phi) is 6.62. The number of aryl methyl sites for hydroxylation is 1. The molecule has 1 N–H and O–H groups in total. The zero-order valence-corrected chi connectivity index (χ0v) is 22.6. The van der Waals surface area contributed by atoms with E-state index >= 15 is 0 Å². The minimum Gasteiger partial charge on any atom is -0.491 e. The van der Waals surface area contributed by atoms with E-state index in [0.717, 1.165) is 17.6 Å². The number of nitrogens with zero attached hydrogens (tertiary/aromatic N) is 1. The summed E-state index contributed by atoms with van der Waals surface area (Å²) >= 11 is 0. The van der Waals surface area contributed by atoms with E-state index in [1.54, 1.807) is 13.0 Å². The molecule has 4 unspecified atom stereocenters. The highest BCUT2D eigenvalue weighted by Crippen LogP contribution is 2.56. The number of hydrogen-bond donors (Lipinski definition) is 1. The molecular weight excluding hydrogens is 506 g/mol. The van der Waals surface area contributed by atoms with Crippen molar-refractivity contribution in [2.75, 3.05) is 18.1 Å². The van der Waals surface area contributed by atoms with Crippen molar-refractivity contribution < 1.29 is 29.0 Å². The fraction of sp³-hybridized carbons (Fsp3) is 0.333. The zero-order chi connectivity index (χ0) is 28.1. The topological polar surface area (TPSA) is 101 Å². The van der Waals surface area contributed by atoms with Crippen molar-refractivity contribution in [3.05, 3.63) is 94.1 Å². The van der Waals surface area contributed by atoms with Crippen molar-refractivity contribution in [2.24, 2.45) is 17.8 Å². The average Bonchev–Trinajstić information content (AvgIpc) is 3.23. The number of benzene rings is 2.